The second-order valence-corrected chi connectivity index (χ2v) is 5.60. The summed E-state index contributed by atoms with van der Waals surface area (Å²) in [6.07, 6.45) is -0.254. The van der Waals surface area contributed by atoms with Crippen molar-refractivity contribution in [3.8, 4) is 0 Å². The van der Waals surface area contributed by atoms with Crippen molar-refractivity contribution in [2.45, 2.75) is 37.9 Å². The predicted octanol–water partition coefficient (Wildman–Crippen LogP) is -1.49. The third-order valence-corrected chi connectivity index (χ3v) is 3.41. The quantitative estimate of drug-likeness (QED) is 0.364. The van der Waals surface area contributed by atoms with Gasteiger partial charge in [-0.1, -0.05) is 30.3 Å². The van der Waals surface area contributed by atoms with Crippen molar-refractivity contribution in [1.82, 2.24) is 10.6 Å². The lowest BCUT2D eigenvalue weighted by Crippen LogP contribution is -2.54. The maximum absolute atomic E-state index is 12.1. The summed E-state index contributed by atoms with van der Waals surface area (Å²) in [5.74, 6) is -3.34. The van der Waals surface area contributed by atoms with Crippen LogP contribution in [0.5, 0.6) is 0 Å². The molecule has 25 heavy (non-hydrogen) atoms. The Labute approximate surface area is 144 Å². The molecule has 0 spiro atoms. The molecule has 1 aromatic carbocycles. The first-order chi connectivity index (χ1) is 11.7. The van der Waals surface area contributed by atoms with Gasteiger partial charge in [0.25, 0.3) is 0 Å². The maximum Gasteiger partial charge on any atom is 0.326 e. The van der Waals surface area contributed by atoms with Gasteiger partial charge in [0.1, 0.15) is 12.1 Å². The molecule has 0 saturated heterocycles. The summed E-state index contributed by atoms with van der Waals surface area (Å²) in [4.78, 5) is 46.0. The van der Waals surface area contributed by atoms with Crippen LogP contribution in [0.4, 0.5) is 0 Å². The molecule has 0 bridgehead atoms. The number of hydrogen-bond acceptors (Lipinski definition) is 5. The zero-order valence-electron chi connectivity index (χ0n) is 13.8. The molecule has 0 aliphatic rings. The van der Waals surface area contributed by atoms with Crippen LogP contribution in [-0.4, -0.2) is 46.9 Å². The van der Waals surface area contributed by atoms with Crippen LogP contribution in [0.1, 0.15) is 18.9 Å². The fourth-order valence-electron chi connectivity index (χ4n) is 2.04. The molecule has 0 unspecified atom stereocenters. The molecule has 3 amide bonds. The fraction of sp³-hybridized carbons (Fsp3) is 0.375. The van der Waals surface area contributed by atoms with E-state index >= 15 is 0 Å². The molecular formula is C16H22N4O5. The van der Waals surface area contributed by atoms with Crippen molar-refractivity contribution in [2.24, 2.45) is 11.5 Å². The smallest absolute Gasteiger partial charge is 0.326 e. The monoisotopic (exact) mass is 350 g/mol. The highest BCUT2D eigenvalue weighted by Crippen LogP contribution is 2.04. The standard InChI is InChI=1S/C16H22N4O5/c1-9(19-15(23)11(17)8-13(18)21)14(22)20-12(16(24)25)7-10-5-3-2-4-6-10/h2-6,9,11-12H,7-8,17H2,1H3,(H2,18,21)(H,19,23)(H,20,22)(H,24,25)/t9-,11-,12-/m0/s1. The van der Waals surface area contributed by atoms with E-state index < -0.39 is 41.8 Å². The Kier molecular flexibility index (Phi) is 7.54. The lowest BCUT2D eigenvalue weighted by atomic mass is 10.1. The molecule has 0 fully saturated rings. The Morgan fingerprint density at radius 2 is 1.68 bits per heavy atom. The summed E-state index contributed by atoms with van der Waals surface area (Å²) < 4.78 is 0. The molecule has 0 radical (unpaired) electrons. The van der Waals surface area contributed by atoms with E-state index in [1.165, 1.54) is 6.92 Å². The molecule has 0 saturated carbocycles. The van der Waals surface area contributed by atoms with Gasteiger partial charge in [0.15, 0.2) is 0 Å². The SMILES string of the molecule is C[C@H](NC(=O)[C@@H](N)CC(N)=O)C(=O)N[C@@H](Cc1ccccc1)C(=O)O. The maximum atomic E-state index is 12.1. The minimum absolute atomic E-state index is 0.101. The first-order valence-corrected chi connectivity index (χ1v) is 7.62. The number of amides is 3. The van der Waals surface area contributed by atoms with Crippen molar-refractivity contribution < 1.29 is 24.3 Å². The summed E-state index contributed by atoms with van der Waals surface area (Å²) >= 11 is 0. The molecule has 9 nitrogen and oxygen atoms in total. The first kappa shape index (κ1) is 20.1. The van der Waals surface area contributed by atoms with Crippen LogP contribution >= 0.6 is 0 Å². The zero-order chi connectivity index (χ0) is 19.0. The number of carboxylic acid groups (broad SMARTS) is 1. The average Bonchev–Trinajstić information content (AvgIpc) is 2.54. The highest BCUT2D eigenvalue weighted by molar-refractivity contribution is 5.93. The highest BCUT2D eigenvalue weighted by atomic mass is 16.4. The number of carbonyl (C=O) groups excluding carboxylic acids is 3. The number of nitrogens with one attached hydrogen (secondary N) is 2. The van der Waals surface area contributed by atoms with E-state index in [1.54, 1.807) is 30.3 Å². The van der Waals surface area contributed by atoms with E-state index in [0.717, 1.165) is 5.56 Å². The van der Waals surface area contributed by atoms with Crippen LogP contribution in [-0.2, 0) is 25.6 Å². The number of carboxylic acids is 1. The Hall–Kier alpha value is -2.94. The lowest BCUT2D eigenvalue weighted by molar-refractivity contribution is -0.142. The second kappa shape index (κ2) is 9.38. The van der Waals surface area contributed by atoms with E-state index in [4.69, 9.17) is 11.5 Å². The van der Waals surface area contributed by atoms with Gasteiger partial charge in [0.2, 0.25) is 17.7 Å². The van der Waals surface area contributed by atoms with E-state index in [1.807, 2.05) is 0 Å². The van der Waals surface area contributed by atoms with Gasteiger partial charge in [0.05, 0.1) is 12.5 Å². The number of aliphatic carboxylic acids is 1. The number of rotatable bonds is 9. The number of nitrogens with two attached hydrogens (primary N) is 2. The molecule has 7 N–H and O–H groups in total. The third-order valence-electron chi connectivity index (χ3n) is 3.41. The van der Waals surface area contributed by atoms with E-state index in [-0.39, 0.29) is 12.8 Å². The van der Waals surface area contributed by atoms with Crippen LogP contribution < -0.4 is 22.1 Å². The van der Waals surface area contributed by atoms with Crippen LogP contribution in [0, 0.1) is 0 Å². The van der Waals surface area contributed by atoms with Crippen LogP contribution in [0.15, 0.2) is 30.3 Å². The molecule has 1 rings (SSSR count). The largest absolute Gasteiger partial charge is 0.480 e. The van der Waals surface area contributed by atoms with Gasteiger partial charge in [-0.2, -0.15) is 0 Å². The van der Waals surface area contributed by atoms with Gasteiger partial charge in [-0.15, -0.1) is 0 Å². The van der Waals surface area contributed by atoms with Crippen molar-refractivity contribution in [3.05, 3.63) is 35.9 Å². The average molecular weight is 350 g/mol. The molecule has 0 aliphatic heterocycles. The number of benzene rings is 1. The summed E-state index contributed by atoms with van der Waals surface area (Å²) in [5, 5.41) is 13.9. The first-order valence-electron chi connectivity index (χ1n) is 7.62. The summed E-state index contributed by atoms with van der Waals surface area (Å²) in [6.45, 7) is 1.38. The van der Waals surface area contributed by atoms with Gasteiger partial charge in [-0.25, -0.2) is 4.79 Å². The predicted molar refractivity (Wildman–Crippen MR) is 89.1 cm³/mol. The fourth-order valence-corrected chi connectivity index (χ4v) is 2.04. The minimum Gasteiger partial charge on any atom is -0.480 e. The van der Waals surface area contributed by atoms with Crippen LogP contribution in [0.3, 0.4) is 0 Å². The normalized spacial score (nSPS) is 14.0. The lowest BCUT2D eigenvalue weighted by Gasteiger charge is -2.20. The van der Waals surface area contributed by atoms with E-state index in [2.05, 4.69) is 10.6 Å². The third kappa shape index (κ3) is 7.00. The Morgan fingerprint density at radius 3 is 2.20 bits per heavy atom. The Bertz CT molecular complexity index is 635. The molecule has 1 aromatic rings. The minimum atomic E-state index is -1.19. The molecule has 0 aliphatic carbocycles. The van der Waals surface area contributed by atoms with Crippen molar-refractivity contribution >= 4 is 23.7 Å². The molecule has 9 heteroatoms. The highest BCUT2D eigenvalue weighted by Gasteiger charge is 2.25. The van der Waals surface area contributed by atoms with E-state index in [9.17, 15) is 24.3 Å². The van der Waals surface area contributed by atoms with E-state index in [0.29, 0.717) is 0 Å². The Morgan fingerprint density at radius 1 is 1.08 bits per heavy atom. The number of carbonyl (C=O) groups is 4. The molecular weight excluding hydrogens is 328 g/mol. The van der Waals surface area contributed by atoms with Gasteiger partial charge >= 0.3 is 5.97 Å². The van der Waals surface area contributed by atoms with Gasteiger partial charge < -0.3 is 27.2 Å². The van der Waals surface area contributed by atoms with Crippen molar-refractivity contribution in [2.75, 3.05) is 0 Å². The number of hydrogen-bond donors (Lipinski definition) is 5. The van der Waals surface area contributed by atoms with Crippen molar-refractivity contribution in [1.29, 1.82) is 0 Å². The van der Waals surface area contributed by atoms with Gasteiger partial charge in [-0.3, -0.25) is 14.4 Å². The molecule has 3 atom stereocenters. The molecule has 0 heterocycles. The van der Waals surface area contributed by atoms with Crippen molar-refractivity contribution in [3.63, 3.8) is 0 Å². The Balaban J connectivity index is 2.62. The molecule has 0 aromatic heterocycles. The zero-order valence-corrected chi connectivity index (χ0v) is 13.8. The summed E-state index contributed by atoms with van der Waals surface area (Å²) in [6, 6.07) is 5.47. The van der Waals surface area contributed by atoms with Gasteiger partial charge in [-0.05, 0) is 12.5 Å². The van der Waals surface area contributed by atoms with Crippen LogP contribution in [0.2, 0.25) is 0 Å². The number of primary amides is 1. The van der Waals surface area contributed by atoms with Crippen LogP contribution in [0.25, 0.3) is 0 Å². The topological polar surface area (TPSA) is 165 Å². The second-order valence-electron chi connectivity index (χ2n) is 5.60. The molecule has 136 valence electrons. The van der Waals surface area contributed by atoms with Gasteiger partial charge in [0, 0.05) is 6.42 Å². The summed E-state index contributed by atoms with van der Waals surface area (Å²) in [7, 11) is 0. The summed E-state index contributed by atoms with van der Waals surface area (Å²) in [5.41, 5.74) is 11.2.